The van der Waals surface area contributed by atoms with Crippen LogP contribution in [0.25, 0.3) is 0 Å². The Morgan fingerprint density at radius 1 is 0.656 bits per heavy atom. The first-order valence-corrected chi connectivity index (χ1v) is 12.1. The molecule has 0 aliphatic rings. The number of hydrogen-bond donors (Lipinski definition) is 0. The van der Waals surface area contributed by atoms with E-state index >= 15 is 0 Å². The Bertz CT molecular complexity index is 969. The molecule has 2 heterocycles. The van der Waals surface area contributed by atoms with Crippen LogP contribution >= 0.6 is 128 Å². The number of pyridine rings is 2. The Balaban J connectivity index is 0.000000607. The van der Waals surface area contributed by atoms with Crippen molar-refractivity contribution < 1.29 is 15.6 Å². The molecule has 0 unspecified atom stereocenters. The first-order valence-electron chi connectivity index (χ1n) is 7.90. The molecule has 0 saturated carbocycles. The van der Waals surface area contributed by atoms with Crippen molar-refractivity contribution in [1.82, 2.24) is 9.97 Å². The van der Waals surface area contributed by atoms with E-state index in [1.807, 2.05) is 0 Å². The Morgan fingerprint density at radius 3 is 1.44 bits per heavy atom. The van der Waals surface area contributed by atoms with Gasteiger partial charge in [0.05, 0.1) is 30.9 Å². The molecule has 0 aromatic carbocycles. The van der Waals surface area contributed by atoms with E-state index in [9.17, 15) is 0 Å². The lowest BCUT2D eigenvalue weighted by molar-refractivity contribution is 0.333. The molecule has 182 valence electrons. The molecule has 2 rings (SSSR count). The summed E-state index contributed by atoms with van der Waals surface area (Å²) in [5.74, 6) is 0.317. The highest BCUT2D eigenvalue weighted by atomic mass is 35.6. The molecule has 2 aromatic rings. The minimum atomic E-state index is -1.79. The van der Waals surface area contributed by atoms with E-state index in [1.165, 1.54) is 14.2 Å². The number of halogens is 11. The second-order valence-electron chi connectivity index (χ2n) is 5.27. The number of alkyl halides is 6. The number of nitrogens with zero attached hydrogens (tertiary/aromatic N) is 2. The van der Waals surface area contributed by atoms with Crippen molar-refractivity contribution in [2.24, 2.45) is 0 Å². The third-order valence-corrected chi connectivity index (χ3v) is 6.26. The summed E-state index contributed by atoms with van der Waals surface area (Å²) in [7, 11) is 2.75. The molecule has 2 aromatic heterocycles. The van der Waals surface area contributed by atoms with Crippen molar-refractivity contribution in [3.8, 4) is 17.5 Å². The molecule has 0 fully saturated rings. The molecule has 5 nitrogen and oxygen atoms in total. The lowest BCUT2D eigenvalue weighted by Gasteiger charge is -2.17. The number of aromatic nitrogens is 2. The van der Waals surface area contributed by atoms with Crippen molar-refractivity contribution in [2.75, 3.05) is 20.8 Å². The van der Waals surface area contributed by atoms with Crippen LogP contribution in [0.3, 0.4) is 0 Å². The lowest BCUT2D eigenvalue weighted by atomic mass is 10.3. The average Bonchev–Trinajstić information content (AvgIpc) is 2.68. The van der Waals surface area contributed by atoms with Crippen LogP contribution in [-0.2, 0) is 7.59 Å². The highest BCUT2D eigenvalue weighted by Gasteiger charge is 2.33. The minimum absolute atomic E-state index is 0. The van der Waals surface area contributed by atoms with Gasteiger partial charge >= 0.3 is 0 Å². The van der Waals surface area contributed by atoms with Gasteiger partial charge in [0.2, 0.25) is 19.3 Å². The summed E-state index contributed by atoms with van der Waals surface area (Å²) in [6.07, 6.45) is 0. The van der Waals surface area contributed by atoms with Gasteiger partial charge in [0.25, 0.3) is 0 Å². The standard InChI is InChI=1S/C9H8Cl5NO2.C7H3Cl6NO.H2/c1-3-17-6-4(10)7(9(12,13)14)15-8(16-2)5(6)11;1-15-6-4(10)2(8)3(9)5(14-6)7(11,12)13;/h3H2,1-2H3;1H3;1H/i;;1+1. The van der Waals surface area contributed by atoms with Crippen molar-refractivity contribution in [3.05, 3.63) is 36.5 Å². The van der Waals surface area contributed by atoms with Crippen molar-refractivity contribution >= 4 is 128 Å². The van der Waals surface area contributed by atoms with Crippen molar-refractivity contribution in [2.45, 2.75) is 14.5 Å². The third kappa shape index (κ3) is 7.69. The summed E-state index contributed by atoms with van der Waals surface area (Å²) in [4.78, 5) is 7.80. The average molecular weight is 672 g/mol. The van der Waals surface area contributed by atoms with E-state index in [2.05, 4.69) is 9.97 Å². The zero-order valence-electron chi connectivity index (χ0n) is 16.0. The third-order valence-electron chi connectivity index (χ3n) is 3.21. The van der Waals surface area contributed by atoms with Gasteiger partial charge in [-0.1, -0.05) is 128 Å². The predicted molar refractivity (Wildman–Crippen MR) is 138 cm³/mol. The van der Waals surface area contributed by atoms with Crippen LogP contribution in [0.15, 0.2) is 0 Å². The Labute approximate surface area is 240 Å². The number of rotatable bonds is 4. The van der Waals surface area contributed by atoms with Gasteiger partial charge in [-0.05, 0) is 6.92 Å². The van der Waals surface area contributed by atoms with Gasteiger partial charge in [-0.3, -0.25) is 0 Å². The van der Waals surface area contributed by atoms with Crippen LogP contribution in [0.5, 0.6) is 17.5 Å². The highest BCUT2D eigenvalue weighted by molar-refractivity contribution is 6.68. The van der Waals surface area contributed by atoms with E-state index in [0.717, 1.165) is 0 Å². The smallest absolute Gasteiger partial charge is 0.236 e. The molecule has 0 radical (unpaired) electrons. The predicted octanol–water partition coefficient (Wildman–Crippen LogP) is 9.75. The quantitative estimate of drug-likeness (QED) is 0.303. The highest BCUT2D eigenvalue weighted by Crippen LogP contribution is 2.49. The lowest BCUT2D eigenvalue weighted by Crippen LogP contribution is -2.08. The summed E-state index contributed by atoms with van der Waals surface area (Å²) in [5, 5.41) is 0.283. The van der Waals surface area contributed by atoms with Crippen LogP contribution in [0, 0.1) is 0 Å². The van der Waals surface area contributed by atoms with E-state index in [0.29, 0.717) is 6.61 Å². The fraction of sp³-hybridized carbons (Fsp3) is 0.375. The zero-order valence-corrected chi connectivity index (χ0v) is 24.3. The fourth-order valence-electron chi connectivity index (χ4n) is 1.91. The number of ether oxygens (including phenoxy) is 3. The largest absolute Gasteiger partial charge is 0.490 e. The molecular weight excluding hydrogens is 658 g/mol. The Hall–Kier alpha value is 0.890. The minimum Gasteiger partial charge on any atom is -0.490 e. The van der Waals surface area contributed by atoms with Crippen LogP contribution in [0.2, 0.25) is 25.1 Å². The topological polar surface area (TPSA) is 53.5 Å². The second kappa shape index (κ2) is 12.7. The Morgan fingerprint density at radius 2 is 1.06 bits per heavy atom. The van der Waals surface area contributed by atoms with Crippen LogP contribution < -0.4 is 14.2 Å². The first-order chi connectivity index (χ1) is 14.6. The fourth-order valence-corrected chi connectivity index (χ4v) is 4.38. The summed E-state index contributed by atoms with van der Waals surface area (Å²) in [6, 6.07) is 0. The van der Waals surface area contributed by atoms with Crippen LogP contribution in [0.4, 0.5) is 0 Å². The maximum atomic E-state index is 6.03. The molecule has 0 spiro atoms. The molecule has 32 heavy (non-hydrogen) atoms. The van der Waals surface area contributed by atoms with E-state index in [-0.39, 0.29) is 55.4 Å². The van der Waals surface area contributed by atoms with E-state index < -0.39 is 7.59 Å². The molecule has 16 heteroatoms. The molecular formula is C16H13Cl11N2O3. The van der Waals surface area contributed by atoms with Gasteiger partial charge in [-0.25, -0.2) is 9.97 Å². The van der Waals surface area contributed by atoms with Crippen molar-refractivity contribution in [3.63, 3.8) is 0 Å². The van der Waals surface area contributed by atoms with Crippen LogP contribution in [0.1, 0.15) is 19.7 Å². The maximum Gasteiger partial charge on any atom is 0.236 e. The molecule has 0 atom stereocenters. The van der Waals surface area contributed by atoms with Gasteiger partial charge in [-0.15, -0.1) is 0 Å². The summed E-state index contributed by atoms with van der Waals surface area (Å²) in [6.45, 7) is 2.13. The van der Waals surface area contributed by atoms with Gasteiger partial charge in [-0.2, -0.15) is 0 Å². The van der Waals surface area contributed by atoms with E-state index in [1.54, 1.807) is 6.92 Å². The van der Waals surface area contributed by atoms with Gasteiger partial charge in [0, 0.05) is 1.43 Å². The normalized spacial score (nSPS) is 11.6. The van der Waals surface area contributed by atoms with Crippen LogP contribution in [-0.4, -0.2) is 30.8 Å². The second-order valence-corrected chi connectivity index (χ2v) is 11.7. The zero-order chi connectivity index (χ0) is 25.0. The molecule has 0 saturated heterocycles. The van der Waals surface area contributed by atoms with Crippen molar-refractivity contribution in [1.29, 1.82) is 0 Å². The summed E-state index contributed by atoms with van der Waals surface area (Å²) < 4.78 is 11.5. The monoisotopic (exact) mass is 667 g/mol. The first kappa shape index (κ1) is 30.9. The maximum absolute atomic E-state index is 6.03. The SMILES string of the molecule is CCOc1c(Cl)c(OC)nc(C(Cl)(Cl)Cl)c1Cl.COc1nc(C(Cl)(Cl)Cl)c(Cl)c(Cl)c1Cl.[2HH]. The number of methoxy groups -OCH3 is 2. The van der Waals surface area contributed by atoms with Gasteiger partial charge in [0.15, 0.2) is 5.75 Å². The number of hydrogen-bond acceptors (Lipinski definition) is 5. The van der Waals surface area contributed by atoms with E-state index in [4.69, 9.17) is 142 Å². The van der Waals surface area contributed by atoms with Gasteiger partial charge < -0.3 is 14.2 Å². The summed E-state index contributed by atoms with van der Waals surface area (Å²) >= 11 is 63.6. The molecule has 0 aliphatic carbocycles. The molecule has 0 bridgehead atoms. The van der Waals surface area contributed by atoms with Gasteiger partial charge in [0.1, 0.15) is 26.5 Å². The Kier molecular flexibility index (Phi) is 12.3. The molecule has 0 N–H and O–H groups in total. The molecule has 0 amide bonds. The summed E-state index contributed by atoms with van der Waals surface area (Å²) in [5.41, 5.74) is -0.0192. The molecule has 0 aliphatic heterocycles.